The fraction of sp³-hybridized carbons (Fsp3) is 0.375. The summed E-state index contributed by atoms with van der Waals surface area (Å²) in [5, 5.41) is 3.55. The second-order valence-electron chi connectivity index (χ2n) is 5.17. The minimum absolute atomic E-state index is 0.639. The fourth-order valence-corrected chi connectivity index (χ4v) is 2.61. The summed E-state index contributed by atoms with van der Waals surface area (Å²) in [6, 6.07) is 15.5. The van der Waals surface area contributed by atoms with Crippen molar-refractivity contribution in [1.82, 2.24) is 5.32 Å². The highest BCUT2D eigenvalue weighted by Crippen LogP contribution is 2.36. The number of hydrogen-bond donors (Lipinski definition) is 1. The summed E-state index contributed by atoms with van der Waals surface area (Å²) in [4.78, 5) is 0. The van der Waals surface area contributed by atoms with Crippen LogP contribution in [0.4, 0.5) is 0 Å². The first kappa shape index (κ1) is 11.5. The summed E-state index contributed by atoms with van der Waals surface area (Å²) in [6.07, 6.45) is 2.48. The molecular formula is C16H19NO. The van der Waals surface area contributed by atoms with E-state index < -0.39 is 0 Å². The average molecular weight is 241 g/mol. The molecule has 1 saturated carbocycles. The van der Waals surface area contributed by atoms with E-state index in [1.54, 1.807) is 0 Å². The van der Waals surface area contributed by atoms with Crippen molar-refractivity contribution in [2.75, 3.05) is 0 Å². The zero-order valence-corrected chi connectivity index (χ0v) is 10.7. The number of aryl methyl sites for hydroxylation is 1. The van der Waals surface area contributed by atoms with E-state index in [1.165, 1.54) is 18.4 Å². The topological polar surface area (TPSA) is 25.2 Å². The molecule has 0 atom stereocenters. The minimum atomic E-state index is 0.639. The molecule has 1 fully saturated rings. The van der Waals surface area contributed by atoms with Gasteiger partial charge in [-0.2, -0.15) is 0 Å². The van der Waals surface area contributed by atoms with Crippen LogP contribution >= 0.6 is 0 Å². The van der Waals surface area contributed by atoms with Gasteiger partial charge in [0.1, 0.15) is 11.5 Å². The van der Waals surface area contributed by atoms with Crippen LogP contribution in [0.2, 0.25) is 0 Å². The molecular weight excluding hydrogens is 222 g/mol. The molecule has 1 aliphatic rings. The molecule has 0 unspecified atom stereocenters. The lowest BCUT2D eigenvalue weighted by molar-refractivity contribution is 0.281. The van der Waals surface area contributed by atoms with Gasteiger partial charge in [-0.05, 0) is 43.4 Å². The van der Waals surface area contributed by atoms with E-state index >= 15 is 0 Å². The summed E-state index contributed by atoms with van der Waals surface area (Å²) in [5.41, 5.74) is 1.48. The van der Waals surface area contributed by atoms with Crippen LogP contribution < -0.4 is 5.32 Å². The van der Waals surface area contributed by atoms with E-state index in [0.717, 1.165) is 24.0 Å². The molecule has 3 rings (SSSR count). The molecule has 94 valence electrons. The first-order valence-corrected chi connectivity index (χ1v) is 6.65. The molecule has 18 heavy (non-hydrogen) atoms. The summed E-state index contributed by atoms with van der Waals surface area (Å²) < 4.78 is 5.55. The Morgan fingerprint density at radius 3 is 2.56 bits per heavy atom. The number of furan rings is 1. The van der Waals surface area contributed by atoms with Gasteiger partial charge < -0.3 is 9.73 Å². The monoisotopic (exact) mass is 241 g/mol. The van der Waals surface area contributed by atoms with Gasteiger partial charge in [0.25, 0.3) is 0 Å². The van der Waals surface area contributed by atoms with Crippen LogP contribution in [0.15, 0.2) is 46.9 Å². The van der Waals surface area contributed by atoms with Gasteiger partial charge in [-0.25, -0.2) is 0 Å². The normalized spacial score (nSPS) is 22.7. The number of hydrogen-bond acceptors (Lipinski definition) is 2. The first-order valence-electron chi connectivity index (χ1n) is 6.65. The Balaban J connectivity index is 1.46. The average Bonchev–Trinajstić information content (AvgIpc) is 2.74. The van der Waals surface area contributed by atoms with Gasteiger partial charge in [-0.1, -0.05) is 30.3 Å². The van der Waals surface area contributed by atoms with Crippen molar-refractivity contribution in [3.8, 4) is 0 Å². The molecule has 0 radical (unpaired) electrons. The second-order valence-corrected chi connectivity index (χ2v) is 5.17. The fourth-order valence-electron chi connectivity index (χ4n) is 2.61. The maximum Gasteiger partial charge on any atom is 0.117 e. The molecule has 1 N–H and O–H groups in total. The third-order valence-electron chi connectivity index (χ3n) is 3.77. The van der Waals surface area contributed by atoms with Crippen LogP contribution in [-0.4, -0.2) is 6.04 Å². The lowest BCUT2D eigenvalue weighted by atomic mass is 9.76. The molecule has 0 amide bonds. The Morgan fingerprint density at radius 1 is 1.11 bits per heavy atom. The number of rotatable bonds is 4. The molecule has 1 aromatic heterocycles. The molecule has 1 aliphatic carbocycles. The second kappa shape index (κ2) is 4.99. The van der Waals surface area contributed by atoms with Gasteiger partial charge in [0.2, 0.25) is 0 Å². The van der Waals surface area contributed by atoms with Gasteiger partial charge in [-0.15, -0.1) is 0 Å². The Morgan fingerprint density at radius 2 is 1.89 bits per heavy atom. The van der Waals surface area contributed by atoms with Crippen LogP contribution in [0, 0.1) is 6.92 Å². The Hall–Kier alpha value is -1.54. The molecule has 0 aliphatic heterocycles. The smallest absolute Gasteiger partial charge is 0.117 e. The summed E-state index contributed by atoms with van der Waals surface area (Å²) in [7, 11) is 0. The summed E-state index contributed by atoms with van der Waals surface area (Å²) >= 11 is 0. The molecule has 0 bridgehead atoms. The largest absolute Gasteiger partial charge is 0.465 e. The number of benzene rings is 1. The molecule has 1 heterocycles. The predicted octanol–water partition coefficient (Wildman–Crippen LogP) is 3.62. The number of nitrogens with one attached hydrogen (secondary N) is 1. The highest BCUT2D eigenvalue weighted by atomic mass is 16.3. The highest BCUT2D eigenvalue weighted by molar-refractivity contribution is 5.22. The van der Waals surface area contributed by atoms with E-state index in [-0.39, 0.29) is 0 Å². The van der Waals surface area contributed by atoms with E-state index in [1.807, 2.05) is 13.0 Å². The third kappa shape index (κ3) is 2.49. The summed E-state index contributed by atoms with van der Waals surface area (Å²) in [5.74, 6) is 2.76. The van der Waals surface area contributed by atoms with Crippen molar-refractivity contribution in [3.05, 3.63) is 59.5 Å². The van der Waals surface area contributed by atoms with Gasteiger partial charge >= 0.3 is 0 Å². The van der Waals surface area contributed by atoms with Gasteiger partial charge in [0, 0.05) is 6.04 Å². The van der Waals surface area contributed by atoms with Gasteiger partial charge in [0.05, 0.1) is 6.54 Å². The molecule has 2 aromatic rings. The van der Waals surface area contributed by atoms with Crippen molar-refractivity contribution in [2.24, 2.45) is 0 Å². The van der Waals surface area contributed by atoms with Crippen LogP contribution in [-0.2, 0) is 6.54 Å². The standard InChI is InChI=1S/C16H19NO/c1-12-7-8-16(18-12)11-17-15-9-14(10-15)13-5-3-2-4-6-13/h2-8,14-15,17H,9-11H2,1H3. The zero-order chi connectivity index (χ0) is 12.4. The Kier molecular flexibility index (Phi) is 3.20. The quantitative estimate of drug-likeness (QED) is 0.884. The Bertz CT molecular complexity index is 497. The summed E-state index contributed by atoms with van der Waals surface area (Å²) in [6.45, 7) is 2.83. The van der Waals surface area contributed by atoms with Crippen molar-refractivity contribution in [3.63, 3.8) is 0 Å². The molecule has 2 nitrogen and oxygen atoms in total. The van der Waals surface area contributed by atoms with Crippen LogP contribution in [0.3, 0.4) is 0 Å². The van der Waals surface area contributed by atoms with Crippen LogP contribution in [0.25, 0.3) is 0 Å². The zero-order valence-electron chi connectivity index (χ0n) is 10.7. The van der Waals surface area contributed by atoms with Crippen molar-refractivity contribution < 1.29 is 4.42 Å². The molecule has 0 saturated heterocycles. The van der Waals surface area contributed by atoms with Crippen LogP contribution in [0.5, 0.6) is 0 Å². The van der Waals surface area contributed by atoms with E-state index in [2.05, 4.69) is 41.7 Å². The van der Waals surface area contributed by atoms with E-state index in [9.17, 15) is 0 Å². The molecule has 1 aromatic carbocycles. The first-order chi connectivity index (χ1) is 8.81. The molecule has 2 heteroatoms. The predicted molar refractivity (Wildman–Crippen MR) is 72.5 cm³/mol. The van der Waals surface area contributed by atoms with Gasteiger partial charge in [0.15, 0.2) is 0 Å². The van der Waals surface area contributed by atoms with Gasteiger partial charge in [-0.3, -0.25) is 0 Å². The Labute approximate surface area is 108 Å². The lowest BCUT2D eigenvalue weighted by Crippen LogP contribution is -2.39. The maximum atomic E-state index is 5.55. The van der Waals surface area contributed by atoms with Crippen molar-refractivity contribution >= 4 is 0 Å². The van der Waals surface area contributed by atoms with Crippen molar-refractivity contribution in [1.29, 1.82) is 0 Å². The molecule has 0 spiro atoms. The minimum Gasteiger partial charge on any atom is -0.465 e. The van der Waals surface area contributed by atoms with Crippen LogP contribution in [0.1, 0.15) is 35.8 Å². The van der Waals surface area contributed by atoms with Crippen molar-refractivity contribution in [2.45, 2.75) is 38.3 Å². The highest BCUT2D eigenvalue weighted by Gasteiger charge is 2.29. The SMILES string of the molecule is Cc1ccc(CNC2CC(c3ccccc3)C2)o1. The lowest BCUT2D eigenvalue weighted by Gasteiger charge is -2.36. The van der Waals surface area contributed by atoms with E-state index in [4.69, 9.17) is 4.42 Å². The maximum absolute atomic E-state index is 5.55. The van der Waals surface area contributed by atoms with E-state index in [0.29, 0.717) is 6.04 Å². The third-order valence-corrected chi connectivity index (χ3v) is 3.77.